The normalized spacial score (nSPS) is 19.7. The minimum absolute atomic E-state index is 0.00912. The molecule has 0 bridgehead atoms. The smallest absolute Gasteiger partial charge is 0.421 e. The van der Waals surface area contributed by atoms with Crippen LogP contribution in [0.4, 0.5) is 22.2 Å². The van der Waals surface area contributed by atoms with Gasteiger partial charge in [0.1, 0.15) is 23.4 Å². The highest BCUT2D eigenvalue weighted by atomic mass is 16.5. The molecule has 4 heterocycles. The number of nitrogens with one attached hydrogen (secondary N) is 2. The van der Waals surface area contributed by atoms with E-state index >= 15 is 0 Å². The van der Waals surface area contributed by atoms with Crippen LogP contribution >= 0.6 is 0 Å². The Bertz CT molecular complexity index is 1660. The molecule has 2 aliphatic heterocycles. The lowest BCUT2D eigenvalue weighted by Crippen LogP contribution is -2.61. The molecule has 4 aromatic rings. The first-order chi connectivity index (χ1) is 19.2. The number of nitrogens with zero attached hydrogens (tertiary/aromatic N) is 4. The number of urea groups is 1. The van der Waals surface area contributed by atoms with Gasteiger partial charge in [-0.05, 0) is 42.3 Å². The molecule has 1 fully saturated rings. The number of rotatable bonds is 5. The van der Waals surface area contributed by atoms with E-state index in [1.165, 1.54) is 0 Å². The number of nitrogens with two attached hydrogens (primary N) is 1. The molecule has 1 saturated heterocycles. The van der Waals surface area contributed by atoms with Gasteiger partial charge in [-0.2, -0.15) is 9.97 Å². The van der Waals surface area contributed by atoms with Crippen molar-refractivity contribution in [2.45, 2.75) is 32.2 Å². The van der Waals surface area contributed by atoms with Crippen molar-refractivity contribution in [1.82, 2.24) is 15.0 Å². The van der Waals surface area contributed by atoms with Gasteiger partial charge in [0.05, 0.1) is 26.2 Å². The molecule has 4 N–H and O–H groups in total. The number of piperidine rings is 1. The average molecular weight is 547 g/mol. The van der Waals surface area contributed by atoms with Gasteiger partial charge in [0.2, 0.25) is 11.8 Å². The number of nitrogen functional groups attached to an aromatic ring is 1. The Morgan fingerprint density at radius 2 is 1.90 bits per heavy atom. The van der Waals surface area contributed by atoms with Crippen LogP contribution < -0.4 is 31.2 Å². The minimum Gasteiger partial charge on any atom is -0.497 e. The molecule has 0 radical (unpaired) electrons. The number of likely N-dealkylation sites (N-methyl/N-ethyl adjacent to an activating group) is 1. The third-order valence-corrected chi connectivity index (χ3v) is 8.09. The zero-order valence-corrected chi connectivity index (χ0v) is 22.7. The van der Waals surface area contributed by atoms with Crippen LogP contribution in [0.25, 0.3) is 11.1 Å². The second-order valence-corrected chi connectivity index (χ2v) is 10.6. The Labute approximate surface area is 230 Å². The summed E-state index contributed by atoms with van der Waals surface area (Å²) in [6.07, 6.45) is 2.40. The van der Waals surface area contributed by atoms with Crippen LogP contribution in [0.15, 0.2) is 45.6 Å². The number of amides is 2. The molecular formula is C28H32N7O5+. The zero-order chi connectivity index (χ0) is 28.0. The molecule has 0 aliphatic carbocycles. The van der Waals surface area contributed by atoms with Crippen molar-refractivity contribution in [3.05, 3.63) is 58.1 Å². The van der Waals surface area contributed by atoms with E-state index in [1.54, 1.807) is 25.3 Å². The Balaban J connectivity index is 1.16. The summed E-state index contributed by atoms with van der Waals surface area (Å²) in [6, 6.07) is 11.1. The molecule has 1 unspecified atom stereocenters. The van der Waals surface area contributed by atoms with Gasteiger partial charge in [-0.3, -0.25) is 10.3 Å². The summed E-state index contributed by atoms with van der Waals surface area (Å²) in [5.74, 6) is 1.79. The van der Waals surface area contributed by atoms with Crippen molar-refractivity contribution in [3.63, 3.8) is 0 Å². The molecule has 12 nitrogen and oxygen atoms in total. The van der Waals surface area contributed by atoms with Gasteiger partial charge in [-0.15, -0.1) is 0 Å². The lowest BCUT2D eigenvalue weighted by Gasteiger charge is -2.42. The topological polar surface area (TPSA) is 149 Å². The fraction of sp³-hybridized carbons (Fsp3) is 0.357. The molecule has 2 aliphatic rings. The summed E-state index contributed by atoms with van der Waals surface area (Å²) in [7, 11) is 3.67. The Hall–Kier alpha value is -4.58. The van der Waals surface area contributed by atoms with E-state index in [-0.39, 0.29) is 18.0 Å². The number of quaternary nitrogens is 1. The summed E-state index contributed by atoms with van der Waals surface area (Å²) in [4.78, 5) is 38.5. The largest absolute Gasteiger partial charge is 0.497 e. The molecule has 2 aromatic carbocycles. The van der Waals surface area contributed by atoms with E-state index < -0.39 is 5.76 Å². The van der Waals surface area contributed by atoms with Crippen LogP contribution in [-0.4, -0.2) is 65.3 Å². The first-order valence-electron chi connectivity index (χ1n) is 13.3. The Kier molecular flexibility index (Phi) is 6.34. The van der Waals surface area contributed by atoms with Gasteiger partial charge in [0, 0.05) is 50.2 Å². The summed E-state index contributed by atoms with van der Waals surface area (Å²) >= 11 is 0. The molecule has 40 heavy (non-hydrogen) atoms. The zero-order valence-electron chi connectivity index (χ0n) is 22.7. The number of fused-ring (bicyclic) bond motifs is 2. The number of H-pyrrole nitrogens is 1. The number of benzene rings is 2. The lowest BCUT2D eigenvalue weighted by molar-refractivity contribution is -0.854. The monoisotopic (exact) mass is 546 g/mol. The lowest BCUT2D eigenvalue weighted by atomic mass is 10.00. The number of methoxy groups -OCH3 is 1. The molecule has 0 saturated carbocycles. The summed E-state index contributed by atoms with van der Waals surface area (Å²) < 4.78 is 16.9. The van der Waals surface area contributed by atoms with Gasteiger partial charge in [-0.1, -0.05) is 0 Å². The maximum atomic E-state index is 13.4. The highest BCUT2D eigenvalue weighted by molar-refractivity contribution is 5.86. The van der Waals surface area contributed by atoms with Crippen molar-refractivity contribution in [3.8, 4) is 17.4 Å². The van der Waals surface area contributed by atoms with Crippen LogP contribution in [0.3, 0.4) is 0 Å². The van der Waals surface area contributed by atoms with Crippen molar-refractivity contribution < 1.29 is 23.2 Å². The first kappa shape index (κ1) is 25.7. The van der Waals surface area contributed by atoms with E-state index in [0.29, 0.717) is 52.7 Å². The molecule has 2 amide bonds. The highest BCUT2D eigenvalue weighted by Gasteiger charge is 2.43. The van der Waals surface area contributed by atoms with Gasteiger partial charge in [0.15, 0.2) is 5.58 Å². The number of anilines is 3. The Morgan fingerprint density at radius 3 is 2.67 bits per heavy atom. The van der Waals surface area contributed by atoms with E-state index in [0.717, 1.165) is 41.8 Å². The van der Waals surface area contributed by atoms with Crippen molar-refractivity contribution >= 4 is 34.6 Å². The quantitative estimate of drug-likeness (QED) is 0.318. The third-order valence-electron chi connectivity index (χ3n) is 8.09. The maximum absolute atomic E-state index is 13.4. The number of aromatic amines is 1. The summed E-state index contributed by atoms with van der Waals surface area (Å²) in [5, 5.41) is 3.14. The van der Waals surface area contributed by atoms with Gasteiger partial charge in [0.25, 0.3) is 0 Å². The van der Waals surface area contributed by atoms with Gasteiger partial charge >= 0.3 is 11.8 Å². The van der Waals surface area contributed by atoms with Crippen LogP contribution in [0.2, 0.25) is 0 Å². The molecule has 12 heteroatoms. The predicted octanol–water partition coefficient (Wildman–Crippen LogP) is 3.81. The Morgan fingerprint density at radius 1 is 1.10 bits per heavy atom. The second-order valence-electron chi connectivity index (χ2n) is 10.6. The van der Waals surface area contributed by atoms with Gasteiger partial charge < -0.3 is 24.5 Å². The van der Waals surface area contributed by atoms with Crippen molar-refractivity contribution in [2.24, 2.45) is 0 Å². The molecule has 6 rings (SSSR count). The van der Waals surface area contributed by atoms with E-state index in [2.05, 4.69) is 25.2 Å². The SMILES string of the molecule is COc1ccc2c(c1)CC[N+](C)(C1CCN(c3cc(Oc4cc(C)c5[nH]c(=O)oc5c4)nc(N)n3)CC1)C(=O)N2. The number of carbonyl (C=O) groups excluding carboxylic acids is 1. The standard InChI is InChI=1S/C28H31N7O5/c1-16-12-20(14-22-25(16)33-28(37)40-22)39-24-15-23(31-26(29)32-24)34-9-6-18(7-10-34)35(2)11-8-17-13-19(38-3)4-5-21(17)30-27(35)36/h4-5,12-15,18H,6-11H2,1-3H3,(H3-,29,30,31,32,33,36,37)/p+1. The number of ether oxygens (including phenoxy) is 2. The van der Waals surface area contributed by atoms with E-state index in [1.807, 2.05) is 32.2 Å². The van der Waals surface area contributed by atoms with Crippen molar-refractivity contribution in [1.29, 1.82) is 0 Å². The van der Waals surface area contributed by atoms with Crippen LogP contribution in [0, 0.1) is 6.92 Å². The van der Waals surface area contributed by atoms with Crippen LogP contribution in [-0.2, 0) is 6.42 Å². The van der Waals surface area contributed by atoms with Crippen LogP contribution in [0.1, 0.15) is 24.0 Å². The van der Waals surface area contributed by atoms with Crippen LogP contribution in [0.5, 0.6) is 17.4 Å². The number of oxazole rings is 1. The number of hydrogen-bond acceptors (Lipinski definition) is 9. The highest BCUT2D eigenvalue weighted by Crippen LogP contribution is 2.33. The molecular weight excluding hydrogens is 514 g/mol. The summed E-state index contributed by atoms with van der Waals surface area (Å²) in [5.41, 5.74) is 9.82. The number of carbonyl (C=O) groups is 1. The maximum Gasteiger partial charge on any atom is 0.421 e. The minimum atomic E-state index is -0.522. The third kappa shape index (κ3) is 4.70. The number of aromatic nitrogens is 3. The number of hydrogen-bond donors (Lipinski definition) is 3. The van der Waals surface area contributed by atoms with Crippen molar-refractivity contribution in [2.75, 3.05) is 49.7 Å². The molecule has 208 valence electrons. The fourth-order valence-corrected chi connectivity index (χ4v) is 5.75. The molecule has 1 atom stereocenters. The predicted molar refractivity (Wildman–Crippen MR) is 150 cm³/mol. The molecule has 2 aromatic heterocycles. The summed E-state index contributed by atoms with van der Waals surface area (Å²) in [6.45, 7) is 3.98. The first-order valence-corrected chi connectivity index (χ1v) is 13.3. The van der Waals surface area contributed by atoms with E-state index in [4.69, 9.17) is 19.6 Å². The van der Waals surface area contributed by atoms with Gasteiger partial charge in [-0.25, -0.2) is 14.1 Å². The fourth-order valence-electron chi connectivity index (χ4n) is 5.75. The second kappa shape index (κ2) is 9.87. The van der Waals surface area contributed by atoms with E-state index in [9.17, 15) is 9.59 Å². The molecule has 0 spiro atoms. The number of aryl methyl sites for hydroxylation is 1. The average Bonchev–Trinajstić information content (AvgIpc) is 3.26.